The predicted molar refractivity (Wildman–Crippen MR) is 116 cm³/mol. The number of aromatic nitrogens is 2. The van der Waals surface area contributed by atoms with Crippen molar-refractivity contribution >= 4 is 32.8 Å². The highest BCUT2D eigenvalue weighted by atomic mass is 79.9. The van der Waals surface area contributed by atoms with E-state index in [2.05, 4.69) is 27.0 Å². The fraction of sp³-hybridized carbons (Fsp3) is 0.348. The van der Waals surface area contributed by atoms with E-state index in [-0.39, 0.29) is 18.5 Å². The predicted octanol–water partition coefficient (Wildman–Crippen LogP) is 5.11. The van der Waals surface area contributed by atoms with Gasteiger partial charge in [0.1, 0.15) is 5.75 Å². The van der Waals surface area contributed by atoms with Crippen molar-refractivity contribution in [2.75, 3.05) is 6.61 Å². The topological polar surface area (TPSA) is 61.3 Å². The van der Waals surface area contributed by atoms with Crippen LogP contribution in [-0.2, 0) is 22.4 Å². The van der Waals surface area contributed by atoms with Crippen LogP contribution in [0.4, 0.5) is 0 Å². The van der Waals surface area contributed by atoms with Crippen LogP contribution in [0.3, 0.4) is 0 Å². The number of carbonyl (C=O) groups excluding carboxylic acids is 1. The third kappa shape index (κ3) is 3.62. The molecule has 5 nitrogen and oxygen atoms in total. The number of benzene rings is 1. The molecule has 0 bridgehead atoms. The number of pyridine rings is 2. The van der Waals surface area contributed by atoms with Crippen molar-refractivity contribution < 1.29 is 14.3 Å². The Kier molecular flexibility index (Phi) is 5.30. The SMILES string of the molecule is Cc1nc(C)c(CC(=O)OC(C)C)c(-c2ccc3c4c(ccnc24)CCO3)c1Br. The maximum absolute atomic E-state index is 12.5. The molecule has 0 unspecified atom stereocenters. The van der Waals surface area contributed by atoms with Crippen LogP contribution in [0.15, 0.2) is 28.9 Å². The quantitative estimate of drug-likeness (QED) is 0.512. The van der Waals surface area contributed by atoms with Crippen LogP contribution in [0.1, 0.15) is 36.4 Å². The molecule has 3 aromatic rings. The zero-order valence-electron chi connectivity index (χ0n) is 17.0. The minimum Gasteiger partial charge on any atom is -0.493 e. The number of hydrogen-bond acceptors (Lipinski definition) is 5. The van der Waals surface area contributed by atoms with Gasteiger partial charge in [0, 0.05) is 39.3 Å². The molecule has 0 saturated carbocycles. The van der Waals surface area contributed by atoms with E-state index in [1.807, 2.05) is 46.0 Å². The van der Waals surface area contributed by atoms with Crippen LogP contribution in [0, 0.1) is 13.8 Å². The maximum atomic E-state index is 12.5. The molecule has 0 N–H and O–H groups in total. The first-order valence-electron chi connectivity index (χ1n) is 9.75. The molecule has 1 aliphatic rings. The summed E-state index contributed by atoms with van der Waals surface area (Å²) in [6, 6.07) is 6.07. The molecule has 0 aliphatic carbocycles. The fourth-order valence-electron chi connectivity index (χ4n) is 3.91. The van der Waals surface area contributed by atoms with Crippen molar-refractivity contribution in [2.24, 2.45) is 0 Å². The lowest BCUT2D eigenvalue weighted by Crippen LogP contribution is -2.16. The maximum Gasteiger partial charge on any atom is 0.310 e. The van der Waals surface area contributed by atoms with Crippen LogP contribution in [-0.4, -0.2) is 28.6 Å². The van der Waals surface area contributed by atoms with Gasteiger partial charge in [-0.1, -0.05) is 0 Å². The molecule has 0 saturated heterocycles. The summed E-state index contributed by atoms with van der Waals surface area (Å²) >= 11 is 3.72. The van der Waals surface area contributed by atoms with E-state index in [1.165, 1.54) is 5.56 Å². The monoisotopic (exact) mass is 454 g/mol. The third-order valence-corrected chi connectivity index (χ3v) is 6.11. The van der Waals surface area contributed by atoms with Gasteiger partial charge < -0.3 is 9.47 Å². The fourth-order valence-corrected chi connectivity index (χ4v) is 4.45. The van der Waals surface area contributed by atoms with Crippen molar-refractivity contribution in [3.63, 3.8) is 0 Å². The van der Waals surface area contributed by atoms with Gasteiger partial charge in [0.25, 0.3) is 0 Å². The smallest absolute Gasteiger partial charge is 0.310 e. The molecule has 0 fully saturated rings. The van der Waals surface area contributed by atoms with Gasteiger partial charge >= 0.3 is 5.97 Å². The second-order valence-corrected chi connectivity index (χ2v) is 8.36. The highest BCUT2D eigenvalue weighted by Gasteiger charge is 2.24. The molecule has 29 heavy (non-hydrogen) atoms. The average Bonchev–Trinajstić information content (AvgIpc) is 2.67. The van der Waals surface area contributed by atoms with E-state index in [1.54, 1.807) is 0 Å². The van der Waals surface area contributed by atoms with E-state index < -0.39 is 0 Å². The van der Waals surface area contributed by atoms with Crippen molar-refractivity contribution in [3.05, 3.63) is 51.4 Å². The average molecular weight is 455 g/mol. The Bertz CT molecular complexity index is 1110. The summed E-state index contributed by atoms with van der Waals surface area (Å²) in [4.78, 5) is 21.8. The second-order valence-electron chi connectivity index (χ2n) is 7.57. The van der Waals surface area contributed by atoms with E-state index in [9.17, 15) is 4.79 Å². The summed E-state index contributed by atoms with van der Waals surface area (Å²) in [7, 11) is 0. The molecule has 6 heteroatoms. The molecule has 0 atom stereocenters. The normalized spacial score (nSPS) is 12.9. The van der Waals surface area contributed by atoms with Crippen LogP contribution in [0.2, 0.25) is 0 Å². The first-order valence-corrected chi connectivity index (χ1v) is 10.5. The van der Waals surface area contributed by atoms with Crippen LogP contribution < -0.4 is 4.74 Å². The molecule has 0 amide bonds. The summed E-state index contributed by atoms with van der Waals surface area (Å²) in [5.41, 5.74) is 6.56. The Hall–Kier alpha value is -2.47. The highest BCUT2D eigenvalue weighted by Crippen LogP contribution is 2.42. The summed E-state index contributed by atoms with van der Waals surface area (Å²) in [5.74, 6) is 0.596. The Morgan fingerprint density at radius 1 is 1.24 bits per heavy atom. The van der Waals surface area contributed by atoms with Crippen LogP contribution in [0.5, 0.6) is 5.75 Å². The minimum absolute atomic E-state index is 0.157. The molecular formula is C23H23BrN2O3. The van der Waals surface area contributed by atoms with Crippen LogP contribution >= 0.6 is 15.9 Å². The Balaban J connectivity index is 1.96. The number of aryl methyl sites for hydroxylation is 2. The lowest BCUT2D eigenvalue weighted by atomic mass is 9.92. The summed E-state index contributed by atoms with van der Waals surface area (Å²) in [5, 5.41) is 1.05. The van der Waals surface area contributed by atoms with E-state index in [0.29, 0.717) is 6.61 Å². The molecule has 0 radical (unpaired) electrons. The summed E-state index contributed by atoms with van der Waals surface area (Å²) in [6.07, 6.45) is 2.70. The molecule has 3 heterocycles. The third-order valence-electron chi connectivity index (χ3n) is 5.14. The van der Waals surface area contributed by atoms with E-state index >= 15 is 0 Å². The van der Waals surface area contributed by atoms with Gasteiger partial charge in [0.15, 0.2) is 0 Å². The van der Waals surface area contributed by atoms with Gasteiger partial charge in [-0.05, 0) is 73.0 Å². The molecule has 2 aromatic heterocycles. The summed E-state index contributed by atoms with van der Waals surface area (Å²) in [6.45, 7) is 8.27. The molecule has 150 valence electrons. The lowest BCUT2D eigenvalue weighted by molar-refractivity contribution is -0.146. The Morgan fingerprint density at radius 3 is 2.79 bits per heavy atom. The lowest BCUT2D eigenvalue weighted by Gasteiger charge is -2.22. The molecular weight excluding hydrogens is 432 g/mol. The first kappa shape index (κ1) is 19.8. The number of nitrogens with zero attached hydrogens (tertiary/aromatic N) is 2. The first-order chi connectivity index (χ1) is 13.9. The van der Waals surface area contributed by atoms with Crippen LogP contribution in [0.25, 0.3) is 22.0 Å². The number of halogens is 1. The minimum atomic E-state index is -0.263. The Labute approximate surface area is 178 Å². The van der Waals surface area contributed by atoms with E-state index in [4.69, 9.17) is 14.5 Å². The van der Waals surface area contributed by atoms with Gasteiger partial charge in [-0.2, -0.15) is 0 Å². The standard InChI is InChI=1S/C23H23BrN2O3/c1-12(2)29-19(27)11-17-13(3)26-14(4)22(24)21(17)16-5-6-18-20-15(8-10-28-18)7-9-25-23(16)20/h5-7,9,12H,8,10-11H2,1-4H3. The van der Waals surface area contributed by atoms with Crippen molar-refractivity contribution in [1.29, 1.82) is 0 Å². The number of esters is 1. The molecule has 1 aliphatic heterocycles. The van der Waals surface area contributed by atoms with Gasteiger partial charge in [-0.3, -0.25) is 14.8 Å². The van der Waals surface area contributed by atoms with Gasteiger partial charge in [-0.15, -0.1) is 0 Å². The summed E-state index contributed by atoms with van der Waals surface area (Å²) < 4.78 is 12.1. The van der Waals surface area contributed by atoms with E-state index in [0.717, 1.165) is 55.6 Å². The Morgan fingerprint density at radius 2 is 2.03 bits per heavy atom. The molecule has 0 spiro atoms. The molecule has 1 aromatic carbocycles. The van der Waals surface area contributed by atoms with Crippen molar-refractivity contribution in [1.82, 2.24) is 9.97 Å². The van der Waals surface area contributed by atoms with Crippen molar-refractivity contribution in [2.45, 2.75) is 46.6 Å². The zero-order chi connectivity index (χ0) is 20.7. The van der Waals surface area contributed by atoms with Gasteiger partial charge in [0.05, 0.1) is 30.3 Å². The molecule has 4 rings (SSSR count). The van der Waals surface area contributed by atoms with Crippen molar-refractivity contribution in [3.8, 4) is 16.9 Å². The van der Waals surface area contributed by atoms with Gasteiger partial charge in [0.2, 0.25) is 0 Å². The highest BCUT2D eigenvalue weighted by molar-refractivity contribution is 9.10. The number of hydrogen-bond donors (Lipinski definition) is 0. The second kappa shape index (κ2) is 7.75. The largest absolute Gasteiger partial charge is 0.493 e. The number of ether oxygens (including phenoxy) is 2. The number of rotatable bonds is 4. The number of carbonyl (C=O) groups is 1. The van der Waals surface area contributed by atoms with Gasteiger partial charge in [-0.25, -0.2) is 0 Å². The zero-order valence-corrected chi connectivity index (χ0v) is 18.6.